The highest BCUT2D eigenvalue weighted by Crippen LogP contribution is 2.24. The van der Waals surface area contributed by atoms with E-state index in [2.05, 4.69) is 15.2 Å². The van der Waals surface area contributed by atoms with Gasteiger partial charge in [0.05, 0.1) is 16.3 Å². The average Bonchev–Trinajstić information content (AvgIpc) is 2.64. The lowest BCUT2D eigenvalue weighted by Gasteiger charge is -1.97. The Labute approximate surface area is 99.9 Å². The third-order valence-corrected chi connectivity index (χ3v) is 3.43. The Balaban J connectivity index is 2.49. The molecule has 2 aromatic heterocycles. The van der Waals surface area contributed by atoms with Crippen molar-refractivity contribution >= 4 is 32.9 Å². The van der Waals surface area contributed by atoms with Gasteiger partial charge in [-0.1, -0.05) is 18.2 Å². The smallest absolute Gasteiger partial charge is 0.241 e. The number of rotatable bonds is 1. The SMILES string of the molecule is Cn1c2ccccc2c2nnc(S(C)=O)nc21. The van der Waals surface area contributed by atoms with Crippen LogP contribution in [0.2, 0.25) is 0 Å². The van der Waals surface area contributed by atoms with Crippen LogP contribution in [0.3, 0.4) is 0 Å². The summed E-state index contributed by atoms with van der Waals surface area (Å²) in [6.45, 7) is 0. The van der Waals surface area contributed by atoms with E-state index >= 15 is 0 Å². The third kappa shape index (κ3) is 1.44. The first kappa shape index (κ1) is 10.3. The van der Waals surface area contributed by atoms with Gasteiger partial charge in [0.15, 0.2) is 5.65 Å². The van der Waals surface area contributed by atoms with Gasteiger partial charge in [0.25, 0.3) is 0 Å². The van der Waals surface area contributed by atoms with Crippen molar-refractivity contribution in [3.05, 3.63) is 24.3 Å². The molecule has 0 saturated heterocycles. The van der Waals surface area contributed by atoms with Crippen LogP contribution in [0.5, 0.6) is 0 Å². The van der Waals surface area contributed by atoms with E-state index in [0.717, 1.165) is 16.4 Å². The molecule has 3 rings (SSSR count). The lowest BCUT2D eigenvalue weighted by molar-refractivity contribution is 0.676. The van der Waals surface area contributed by atoms with Crippen molar-refractivity contribution in [2.75, 3.05) is 6.26 Å². The molecule has 0 amide bonds. The van der Waals surface area contributed by atoms with E-state index in [1.54, 1.807) is 6.26 Å². The lowest BCUT2D eigenvalue weighted by atomic mass is 10.2. The molecule has 0 aliphatic heterocycles. The molecule has 1 aromatic carbocycles. The number of para-hydroxylation sites is 1. The molecule has 0 fully saturated rings. The molecule has 2 heterocycles. The van der Waals surface area contributed by atoms with Gasteiger partial charge >= 0.3 is 0 Å². The van der Waals surface area contributed by atoms with Crippen molar-refractivity contribution in [3.63, 3.8) is 0 Å². The van der Waals surface area contributed by atoms with E-state index in [1.807, 2.05) is 35.9 Å². The molecule has 3 aromatic rings. The number of fused-ring (bicyclic) bond motifs is 3. The molecule has 0 aliphatic rings. The molecule has 17 heavy (non-hydrogen) atoms. The van der Waals surface area contributed by atoms with Crippen molar-refractivity contribution in [2.24, 2.45) is 7.05 Å². The van der Waals surface area contributed by atoms with Crippen LogP contribution in [0.4, 0.5) is 0 Å². The van der Waals surface area contributed by atoms with Gasteiger partial charge in [-0.05, 0) is 6.07 Å². The highest BCUT2D eigenvalue weighted by atomic mass is 32.2. The predicted octanol–water partition coefficient (Wildman–Crippen LogP) is 1.25. The molecule has 86 valence electrons. The lowest BCUT2D eigenvalue weighted by Crippen LogP contribution is -2.01. The second-order valence-corrected chi connectivity index (χ2v) is 5.07. The number of hydrogen-bond acceptors (Lipinski definition) is 4. The summed E-state index contributed by atoms with van der Waals surface area (Å²) in [7, 11) is 0.705. The van der Waals surface area contributed by atoms with Crippen LogP contribution in [-0.2, 0) is 17.8 Å². The fraction of sp³-hybridized carbons (Fsp3) is 0.182. The van der Waals surface area contributed by atoms with Crippen molar-refractivity contribution in [3.8, 4) is 0 Å². The maximum Gasteiger partial charge on any atom is 0.241 e. The van der Waals surface area contributed by atoms with E-state index in [0.29, 0.717) is 5.65 Å². The summed E-state index contributed by atoms with van der Waals surface area (Å²) >= 11 is 0. The van der Waals surface area contributed by atoms with Gasteiger partial charge in [-0.15, -0.1) is 10.2 Å². The van der Waals surface area contributed by atoms with Crippen molar-refractivity contribution < 1.29 is 4.21 Å². The largest absolute Gasteiger partial charge is 0.327 e. The summed E-state index contributed by atoms with van der Waals surface area (Å²) in [6.07, 6.45) is 1.55. The molecule has 5 nitrogen and oxygen atoms in total. The summed E-state index contributed by atoms with van der Waals surface area (Å²) in [5.74, 6) is 0. The molecule has 0 saturated carbocycles. The quantitative estimate of drug-likeness (QED) is 0.648. The molecule has 6 heteroatoms. The third-order valence-electron chi connectivity index (χ3n) is 2.74. The van der Waals surface area contributed by atoms with E-state index in [4.69, 9.17) is 0 Å². The van der Waals surface area contributed by atoms with Crippen LogP contribution in [0.25, 0.3) is 22.1 Å². The second-order valence-electron chi connectivity index (χ2n) is 3.80. The minimum absolute atomic E-state index is 0.267. The Hall–Kier alpha value is -1.82. The molecule has 0 radical (unpaired) electrons. The maximum absolute atomic E-state index is 11.4. The van der Waals surface area contributed by atoms with E-state index in [-0.39, 0.29) is 5.16 Å². The number of hydrogen-bond donors (Lipinski definition) is 0. The molecule has 0 aliphatic carbocycles. The standard InChI is InChI=1S/C11H10N4OS/c1-15-8-6-4-3-5-7(8)9-10(15)12-11(14-13-9)17(2)16/h3-6H,1-2H3. The minimum Gasteiger partial charge on any atom is -0.327 e. The van der Waals surface area contributed by atoms with E-state index < -0.39 is 10.8 Å². The summed E-state index contributed by atoms with van der Waals surface area (Å²) in [6, 6.07) is 7.90. The fourth-order valence-electron chi connectivity index (χ4n) is 1.91. The van der Waals surface area contributed by atoms with Crippen LogP contribution in [-0.4, -0.2) is 30.2 Å². The Morgan fingerprint density at radius 3 is 2.76 bits per heavy atom. The zero-order chi connectivity index (χ0) is 12.0. The van der Waals surface area contributed by atoms with Gasteiger partial charge in [-0.25, -0.2) is 0 Å². The topological polar surface area (TPSA) is 60.7 Å². The molecule has 0 N–H and O–H groups in total. The number of benzene rings is 1. The van der Waals surface area contributed by atoms with Crippen LogP contribution >= 0.6 is 0 Å². The normalized spacial score (nSPS) is 13.3. The summed E-state index contributed by atoms with van der Waals surface area (Å²) in [5.41, 5.74) is 2.51. The maximum atomic E-state index is 11.4. The molecular formula is C11H10N4OS. The van der Waals surface area contributed by atoms with Crippen molar-refractivity contribution in [2.45, 2.75) is 5.16 Å². The first-order valence-corrected chi connectivity index (χ1v) is 6.65. The highest BCUT2D eigenvalue weighted by Gasteiger charge is 2.12. The minimum atomic E-state index is -1.21. The van der Waals surface area contributed by atoms with Gasteiger partial charge in [0.1, 0.15) is 5.52 Å². The van der Waals surface area contributed by atoms with Crippen molar-refractivity contribution in [1.29, 1.82) is 0 Å². The van der Waals surface area contributed by atoms with Crippen LogP contribution in [0.15, 0.2) is 29.4 Å². The molecule has 0 bridgehead atoms. The first-order chi connectivity index (χ1) is 8.18. The predicted molar refractivity (Wildman–Crippen MR) is 66.1 cm³/mol. The summed E-state index contributed by atoms with van der Waals surface area (Å²) in [5, 5.41) is 9.30. The number of aromatic nitrogens is 4. The zero-order valence-corrected chi connectivity index (χ0v) is 10.2. The van der Waals surface area contributed by atoms with E-state index in [1.165, 1.54) is 0 Å². The van der Waals surface area contributed by atoms with Crippen LogP contribution in [0, 0.1) is 0 Å². The molecule has 1 unspecified atom stereocenters. The van der Waals surface area contributed by atoms with Gasteiger partial charge in [0, 0.05) is 18.7 Å². The van der Waals surface area contributed by atoms with Crippen LogP contribution in [0.1, 0.15) is 0 Å². The Morgan fingerprint density at radius 2 is 2.00 bits per heavy atom. The average molecular weight is 246 g/mol. The molecule has 0 spiro atoms. The molecular weight excluding hydrogens is 236 g/mol. The van der Waals surface area contributed by atoms with Crippen LogP contribution < -0.4 is 0 Å². The van der Waals surface area contributed by atoms with Gasteiger partial charge < -0.3 is 4.57 Å². The Morgan fingerprint density at radius 1 is 1.24 bits per heavy atom. The molecule has 1 atom stereocenters. The highest BCUT2D eigenvalue weighted by molar-refractivity contribution is 7.84. The number of aryl methyl sites for hydroxylation is 1. The Bertz CT molecular complexity index is 750. The van der Waals surface area contributed by atoms with Gasteiger partial charge in [0.2, 0.25) is 5.16 Å². The van der Waals surface area contributed by atoms with Crippen molar-refractivity contribution in [1.82, 2.24) is 19.7 Å². The second kappa shape index (κ2) is 3.59. The summed E-state index contributed by atoms with van der Waals surface area (Å²) < 4.78 is 13.3. The summed E-state index contributed by atoms with van der Waals surface area (Å²) in [4.78, 5) is 4.30. The first-order valence-electron chi connectivity index (χ1n) is 5.10. The monoisotopic (exact) mass is 246 g/mol. The van der Waals surface area contributed by atoms with Gasteiger partial charge in [-0.2, -0.15) is 4.98 Å². The number of nitrogens with zero attached hydrogens (tertiary/aromatic N) is 4. The Kier molecular flexibility index (Phi) is 2.19. The fourth-order valence-corrected chi connectivity index (χ4v) is 2.28. The van der Waals surface area contributed by atoms with E-state index in [9.17, 15) is 4.21 Å². The zero-order valence-electron chi connectivity index (χ0n) is 9.41. The van der Waals surface area contributed by atoms with Gasteiger partial charge in [-0.3, -0.25) is 4.21 Å².